The number of fused-ring (bicyclic) bond motifs is 1. The molecule has 160 valence electrons. The average Bonchev–Trinajstić information content (AvgIpc) is 3.24. The number of aromatic nitrogens is 4. The standard InChI is InChI=1S/C24H27N5O2/c1-31-16-18-12-17(22-9-4-7-19(27-22)6-2-3-11-25)13-23-21(18)14-26-29(23)24-10-5-8-20(15-30)28-24/h4-5,7-10,12-14,30H,2-3,6,11,15-16,25H2,1H3. The van der Waals surface area contributed by atoms with Crippen LogP contribution in [-0.2, 0) is 24.4 Å². The molecule has 0 aliphatic carbocycles. The Bertz CT molecular complexity index is 1170. The van der Waals surface area contributed by atoms with Crippen LogP contribution in [0, 0.1) is 0 Å². The Hall–Kier alpha value is -3.13. The fraction of sp³-hybridized carbons (Fsp3) is 0.292. The molecule has 0 aliphatic rings. The van der Waals surface area contributed by atoms with E-state index in [0.717, 1.165) is 52.7 Å². The number of aliphatic hydroxyl groups excluding tert-OH is 1. The van der Waals surface area contributed by atoms with Gasteiger partial charge in [0.25, 0.3) is 0 Å². The van der Waals surface area contributed by atoms with Crippen LogP contribution >= 0.6 is 0 Å². The van der Waals surface area contributed by atoms with E-state index in [1.165, 1.54) is 0 Å². The summed E-state index contributed by atoms with van der Waals surface area (Å²) in [4.78, 5) is 9.39. The number of ether oxygens (including phenoxy) is 1. The minimum atomic E-state index is -0.117. The van der Waals surface area contributed by atoms with E-state index in [2.05, 4.69) is 28.3 Å². The summed E-state index contributed by atoms with van der Waals surface area (Å²) in [6.45, 7) is 1.05. The van der Waals surface area contributed by atoms with Gasteiger partial charge in [-0.2, -0.15) is 5.10 Å². The third kappa shape index (κ3) is 4.64. The molecular formula is C24H27N5O2. The van der Waals surface area contributed by atoms with Gasteiger partial charge in [0.05, 0.1) is 36.3 Å². The fourth-order valence-corrected chi connectivity index (χ4v) is 3.71. The second kappa shape index (κ2) is 9.78. The third-order valence-electron chi connectivity index (χ3n) is 5.23. The van der Waals surface area contributed by atoms with Crippen molar-refractivity contribution in [2.45, 2.75) is 32.5 Å². The van der Waals surface area contributed by atoms with Crippen LogP contribution in [0.25, 0.3) is 28.0 Å². The van der Waals surface area contributed by atoms with Crippen molar-refractivity contribution in [1.82, 2.24) is 19.7 Å². The van der Waals surface area contributed by atoms with E-state index in [9.17, 15) is 5.11 Å². The van der Waals surface area contributed by atoms with E-state index >= 15 is 0 Å². The second-order valence-corrected chi connectivity index (χ2v) is 7.46. The number of aliphatic hydroxyl groups is 1. The molecule has 1 aromatic carbocycles. The topological polar surface area (TPSA) is 99.1 Å². The number of rotatable bonds is 9. The minimum Gasteiger partial charge on any atom is -0.390 e. The van der Waals surface area contributed by atoms with Gasteiger partial charge in [0.15, 0.2) is 5.82 Å². The summed E-state index contributed by atoms with van der Waals surface area (Å²) in [6.07, 6.45) is 4.76. The fourth-order valence-electron chi connectivity index (χ4n) is 3.71. The van der Waals surface area contributed by atoms with Crippen LogP contribution < -0.4 is 5.73 Å². The molecule has 0 atom stereocenters. The highest BCUT2D eigenvalue weighted by atomic mass is 16.5. The number of nitrogens with zero attached hydrogens (tertiary/aromatic N) is 4. The average molecular weight is 418 g/mol. The molecule has 4 aromatic rings. The van der Waals surface area contributed by atoms with Gasteiger partial charge in [-0.3, -0.25) is 4.98 Å². The van der Waals surface area contributed by atoms with Gasteiger partial charge >= 0.3 is 0 Å². The van der Waals surface area contributed by atoms with E-state index in [1.807, 2.05) is 30.5 Å². The first kappa shape index (κ1) is 21.1. The summed E-state index contributed by atoms with van der Waals surface area (Å²) >= 11 is 0. The Kier molecular flexibility index (Phi) is 6.66. The molecule has 0 saturated heterocycles. The van der Waals surface area contributed by atoms with E-state index in [-0.39, 0.29) is 6.61 Å². The van der Waals surface area contributed by atoms with Crippen molar-refractivity contribution >= 4 is 10.9 Å². The molecule has 0 bridgehead atoms. The summed E-state index contributed by atoms with van der Waals surface area (Å²) in [7, 11) is 1.69. The van der Waals surface area contributed by atoms with Gasteiger partial charge in [0.1, 0.15) is 0 Å². The summed E-state index contributed by atoms with van der Waals surface area (Å²) in [6, 6.07) is 15.9. The lowest BCUT2D eigenvalue weighted by molar-refractivity contribution is 0.186. The number of nitrogens with two attached hydrogens (primary N) is 1. The number of benzene rings is 1. The molecule has 7 nitrogen and oxygen atoms in total. The summed E-state index contributed by atoms with van der Waals surface area (Å²) in [5, 5.41) is 15.0. The Labute approximate surface area is 181 Å². The van der Waals surface area contributed by atoms with E-state index in [4.69, 9.17) is 15.5 Å². The maximum Gasteiger partial charge on any atom is 0.154 e. The van der Waals surface area contributed by atoms with Gasteiger partial charge in [0, 0.05) is 23.8 Å². The van der Waals surface area contributed by atoms with E-state index in [0.29, 0.717) is 24.7 Å². The van der Waals surface area contributed by atoms with Gasteiger partial charge in [-0.25, -0.2) is 9.67 Å². The highest BCUT2D eigenvalue weighted by Crippen LogP contribution is 2.29. The summed E-state index contributed by atoms with van der Waals surface area (Å²) in [5.41, 5.74) is 11.1. The zero-order chi connectivity index (χ0) is 21.6. The van der Waals surface area contributed by atoms with Crippen LogP contribution in [-0.4, -0.2) is 38.5 Å². The first-order valence-electron chi connectivity index (χ1n) is 10.5. The van der Waals surface area contributed by atoms with Gasteiger partial charge in [-0.05, 0) is 67.8 Å². The maximum atomic E-state index is 9.46. The van der Waals surface area contributed by atoms with Gasteiger partial charge < -0.3 is 15.6 Å². The number of unbranched alkanes of at least 4 members (excludes halogenated alkanes) is 1. The van der Waals surface area contributed by atoms with E-state index < -0.39 is 0 Å². The highest BCUT2D eigenvalue weighted by Gasteiger charge is 2.14. The van der Waals surface area contributed by atoms with Gasteiger partial charge in [0.2, 0.25) is 0 Å². The molecule has 4 rings (SSSR count). The van der Waals surface area contributed by atoms with Crippen molar-refractivity contribution in [3.8, 4) is 17.1 Å². The first-order chi connectivity index (χ1) is 15.2. The molecular weight excluding hydrogens is 390 g/mol. The monoisotopic (exact) mass is 417 g/mol. The Morgan fingerprint density at radius 1 is 1.03 bits per heavy atom. The lowest BCUT2D eigenvalue weighted by Crippen LogP contribution is -2.02. The molecule has 31 heavy (non-hydrogen) atoms. The number of aryl methyl sites for hydroxylation is 1. The van der Waals surface area contributed by atoms with Crippen molar-refractivity contribution in [1.29, 1.82) is 0 Å². The number of hydrogen-bond acceptors (Lipinski definition) is 6. The van der Waals surface area contributed by atoms with Crippen molar-refractivity contribution < 1.29 is 9.84 Å². The summed E-state index contributed by atoms with van der Waals surface area (Å²) < 4.78 is 7.24. The van der Waals surface area contributed by atoms with Crippen LogP contribution in [0.1, 0.15) is 29.8 Å². The van der Waals surface area contributed by atoms with Crippen LogP contribution in [0.5, 0.6) is 0 Å². The zero-order valence-electron chi connectivity index (χ0n) is 17.7. The molecule has 0 radical (unpaired) electrons. The SMILES string of the molecule is COCc1cc(-c2cccc(CCCCN)n2)cc2c1cnn2-c1cccc(CO)n1. The molecule has 3 heterocycles. The molecule has 0 aliphatic heterocycles. The zero-order valence-corrected chi connectivity index (χ0v) is 17.7. The van der Waals surface area contributed by atoms with Crippen molar-refractivity contribution in [3.63, 3.8) is 0 Å². The molecule has 7 heteroatoms. The Morgan fingerprint density at radius 3 is 2.68 bits per heavy atom. The highest BCUT2D eigenvalue weighted by molar-refractivity contribution is 5.88. The number of hydrogen-bond donors (Lipinski definition) is 2. The molecule has 0 unspecified atom stereocenters. The summed E-state index contributed by atoms with van der Waals surface area (Å²) in [5.74, 6) is 0.658. The molecule has 3 N–H and O–H groups in total. The van der Waals surface area contributed by atoms with Gasteiger partial charge in [-0.15, -0.1) is 0 Å². The minimum absolute atomic E-state index is 0.117. The van der Waals surface area contributed by atoms with Crippen LogP contribution in [0.2, 0.25) is 0 Å². The Morgan fingerprint density at radius 2 is 1.87 bits per heavy atom. The van der Waals surface area contributed by atoms with Crippen LogP contribution in [0.15, 0.2) is 54.7 Å². The second-order valence-electron chi connectivity index (χ2n) is 7.46. The van der Waals surface area contributed by atoms with Crippen molar-refractivity contribution in [2.24, 2.45) is 5.73 Å². The predicted molar refractivity (Wildman–Crippen MR) is 121 cm³/mol. The van der Waals surface area contributed by atoms with Gasteiger partial charge in [-0.1, -0.05) is 12.1 Å². The largest absolute Gasteiger partial charge is 0.390 e. The van der Waals surface area contributed by atoms with Crippen LogP contribution in [0.3, 0.4) is 0 Å². The quantitative estimate of drug-likeness (QED) is 0.405. The molecule has 3 aromatic heterocycles. The molecule has 0 saturated carbocycles. The van der Waals surface area contributed by atoms with Crippen LogP contribution in [0.4, 0.5) is 0 Å². The molecule has 0 spiro atoms. The normalized spacial score (nSPS) is 11.3. The Balaban J connectivity index is 1.80. The predicted octanol–water partition coefficient (Wildman–Crippen LogP) is 3.40. The number of methoxy groups -OCH3 is 1. The maximum absolute atomic E-state index is 9.46. The van der Waals surface area contributed by atoms with Crippen molar-refractivity contribution in [3.05, 3.63) is 71.7 Å². The molecule has 0 amide bonds. The van der Waals surface area contributed by atoms with E-state index in [1.54, 1.807) is 17.9 Å². The first-order valence-corrected chi connectivity index (χ1v) is 10.5. The smallest absolute Gasteiger partial charge is 0.154 e. The number of pyridine rings is 2. The lowest BCUT2D eigenvalue weighted by Gasteiger charge is -2.10. The van der Waals surface area contributed by atoms with Crippen molar-refractivity contribution in [2.75, 3.05) is 13.7 Å². The lowest BCUT2D eigenvalue weighted by atomic mass is 10.0. The third-order valence-corrected chi connectivity index (χ3v) is 5.23. The molecule has 0 fully saturated rings.